The van der Waals surface area contributed by atoms with Gasteiger partial charge in [0.2, 0.25) is 0 Å². The highest BCUT2D eigenvalue weighted by atomic mass is 28.3. The molecule has 0 fully saturated rings. The number of hydrogen-bond acceptors (Lipinski definition) is 0. The molecule has 1 aliphatic rings. The lowest BCUT2D eigenvalue weighted by Crippen LogP contribution is -2.69. The van der Waals surface area contributed by atoms with Crippen molar-refractivity contribution in [1.29, 1.82) is 0 Å². The van der Waals surface area contributed by atoms with E-state index in [0.717, 1.165) is 6.42 Å². The van der Waals surface area contributed by atoms with E-state index in [-0.39, 0.29) is 32.5 Å². The minimum absolute atomic E-state index is 0.00454. The second-order valence-electron chi connectivity index (χ2n) is 22.3. The first kappa shape index (κ1) is 41.1. The molecule has 51 heavy (non-hydrogen) atoms. The summed E-state index contributed by atoms with van der Waals surface area (Å²) in [6, 6.07) is 23.5. The molecule has 0 nitrogen and oxygen atoms in total. The Morgan fingerprint density at radius 1 is 0.373 bits per heavy atom. The van der Waals surface area contributed by atoms with Gasteiger partial charge in [-0.1, -0.05) is 205 Å². The highest BCUT2D eigenvalue weighted by Gasteiger charge is 2.48. The zero-order valence-electron chi connectivity index (χ0n) is 36.6. The van der Waals surface area contributed by atoms with E-state index in [1.165, 1.54) is 54.5 Å². The van der Waals surface area contributed by atoms with Crippen LogP contribution in [0.1, 0.15) is 178 Å². The predicted octanol–water partition coefficient (Wildman–Crippen LogP) is 12.4. The predicted molar refractivity (Wildman–Crippen MR) is 232 cm³/mol. The van der Waals surface area contributed by atoms with Gasteiger partial charge in [0, 0.05) is 0 Å². The van der Waals surface area contributed by atoms with Crippen LogP contribution in [0.4, 0.5) is 0 Å². The van der Waals surface area contributed by atoms with Crippen molar-refractivity contribution in [3.05, 3.63) is 111 Å². The number of benzene rings is 3. The van der Waals surface area contributed by atoms with Gasteiger partial charge in [0.05, 0.1) is 0 Å². The summed E-state index contributed by atoms with van der Waals surface area (Å²) in [7, 11) is -2.98. The molecule has 278 valence electrons. The van der Waals surface area contributed by atoms with E-state index in [9.17, 15) is 0 Å². The van der Waals surface area contributed by atoms with E-state index in [2.05, 4.69) is 205 Å². The molecule has 0 atom stereocenters. The van der Waals surface area contributed by atoms with Gasteiger partial charge >= 0.3 is 0 Å². The summed E-state index contributed by atoms with van der Waals surface area (Å²) < 4.78 is 0. The van der Waals surface area contributed by atoms with Crippen LogP contribution >= 0.6 is 0 Å². The van der Waals surface area contributed by atoms with Crippen LogP contribution in [-0.4, -0.2) is 8.07 Å². The van der Waals surface area contributed by atoms with Gasteiger partial charge in [-0.25, -0.2) is 0 Å². The van der Waals surface area contributed by atoms with Crippen molar-refractivity contribution in [2.24, 2.45) is 5.92 Å². The smallest absolute Gasteiger partial charge is 0.0801 e. The molecule has 0 N–H and O–H groups in total. The molecule has 3 aromatic carbocycles. The number of allylic oxidation sites excluding steroid dienone is 4. The van der Waals surface area contributed by atoms with Gasteiger partial charge in [0.1, 0.15) is 0 Å². The summed E-state index contributed by atoms with van der Waals surface area (Å²) >= 11 is 0. The van der Waals surface area contributed by atoms with Gasteiger partial charge in [-0.2, -0.15) is 0 Å². The van der Waals surface area contributed by atoms with E-state index < -0.39 is 8.07 Å². The maximum atomic E-state index is 2.65. The lowest BCUT2D eigenvalue weighted by Gasteiger charge is -2.42. The third-order valence-corrected chi connectivity index (χ3v) is 16.1. The largest absolute Gasteiger partial charge is 0.179 e. The van der Waals surface area contributed by atoms with Gasteiger partial charge in [-0.3, -0.25) is 0 Å². The summed E-state index contributed by atoms with van der Waals surface area (Å²) in [5.41, 5.74) is 10.2. The lowest BCUT2D eigenvalue weighted by molar-refractivity contribution is 0.569. The molecule has 4 rings (SSSR count). The molecule has 0 amide bonds. The second kappa shape index (κ2) is 13.3. The summed E-state index contributed by atoms with van der Waals surface area (Å²) in [5, 5.41) is 6.17. The Balaban J connectivity index is 2.48. The van der Waals surface area contributed by atoms with Gasteiger partial charge < -0.3 is 0 Å². The molecular weight excluding hydrogens is 629 g/mol. The van der Waals surface area contributed by atoms with Gasteiger partial charge in [-0.15, -0.1) is 0 Å². The van der Waals surface area contributed by atoms with Crippen molar-refractivity contribution in [2.75, 3.05) is 0 Å². The van der Waals surface area contributed by atoms with E-state index in [1.807, 2.05) is 0 Å². The zero-order valence-corrected chi connectivity index (χ0v) is 37.6. The van der Waals surface area contributed by atoms with Crippen molar-refractivity contribution >= 4 is 23.6 Å². The minimum atomic E-state index is -2.98. The molecule has 3 aromatic rings. The maximum Gasteiger partial charge on any atom is 0.179 e. The zero-order chi connectivity index (χ0) is 38.9. The quantitative estimate of drug-likeness (QED) is 0.183. The van der Waals surface area contributed by atoms with Crippen molar-refractivity contribution < 1.29 is 0 Å². The number of hydrogen-bond donors (Lipinski definition) is 0. The highest BCUT2D eigenvalue weighted by Crippen LogP contribution is 2.39. The Hall–Kier alpha value is -2.64. The molecule has 0 bridgehead atoms. The standard InChI is InChI=1S/C50H74Si/c1-33(2)43-22-21-23-44(43)51(40-27-34(45(3,4)5)24-35(28-40)46(6,7)8,41-29-36(47(9,10)11)25-37(30-41)48(12,13)14)42-31-38(49(15,16)17)26-39(32-42)50(18,19)20/h22-33H,21H2,1-20H3. The monoisotopic (exact) mass is 703 g/mol. The molecule has 0 radical (unpaired) electrons. The fourth-order valence-electron chi connectivity index (χ4n) is 7.54. The van der Waals surface area contributed by atoms with Crippen LogP contribution in [0.2, 0.25) is 0 Å². The van der Waals surface area contributed by atoms with Gasteiger partial charge in [0.25, 0.3) is 0 Å². The topological polar surface area (TPSA) is 0 Å². The Morgan fingerprint density at radius 3 is 0.804 bits per heavy atom. The fourth-order valence-corrected chi connectivity index (χ4v) is 13.0. The minimum Gasteiger partial charge on any atom is -0.0801 e. The van der Waals surface area contributed by atoms with E-state index in [4.69, 9.17) is 0 Å². The molecule has 0 unspecified atom stereocenters. The summed E-state index contributed by atoms with van der Waals surface area (Å²) in [4.78, 5) is 0. The SMILES string of the molecule is CC(C)C1=CCC=C1[Si](c1cc(C(C)(C)C)cc(C(C)(C)C)c1)(c1cc(C(C)(C)C)cc(C(C)(C)C)c1)c1cc(C(C)(C)C)cc(C(C)(C)C)c1. The Bertz CT molecular complexity index is 1530. The van der Waals surface area contributed by atoms with Gasteiger partial charge in [-0.05, 0) is 105 Å². The summed E-state index contributed by atoms with van der Waals surface area (Å²) in [6.07, 6.45) is 6.19. The first-order valence-corrected chi connectivity index (χ1v) is 21.8. The van der Waals surface area contributed by atoms with Crippen molar-refractivity contribution in [3.63, 3.8) is 0 Å². The Labute approximate surface area is 316 Å². The maximum absolute atomic E-state index is 2.98. The van der Waals surface area contributed by atoms with E-state index in [0.29, 0.717) is 5.92 Å². The van der Waals surface area contributed by atoms with Crippen LogP contribution in [0, 0.1) is 5.92 Å². The lowest BCUT2D eigenvalue weighted by atomic mass is 9.80. The number of rotatable bonds is 5. The van der Waals surface area contributed by atoms with Crippen LogP contribution in [0.15, 0.2) is 77.5 Å². The van der Waals surface area contributed by atoms with E-state index in [1.54, 1.807) is 5.20 Å². The first-order chi connectivity index (χ1) is 22.9. The molecule has 0 heterocycles. The molecule has 0 saturated carbocycles. The van der Waals surface area contributed by atoms with Crippen molar-refractivity contribution in [2.45, 2.75) is 177 Å². The van der Waals surface area contributed by atoms with Crippen LogP contribution < -0.4 is 15.6 Å². The average molecular weight is 703 g/mol. The molecule has 0 aliphatic heterocycles. The van der Waals surface area contributed by atoms with Crippen LogP contribution in [-0.2, 0) is 32.5 Å². The molecular formula is C50H74Si. The normalized spacial score (nSPS) is 15.4. The third-order valence-electron chi connectivity index (χ3n) is 11.3. The second-order valence-corrected chi connectivity index (χ2v) is 26.1. The molecule has 0 saturated heterocycles. The Kier molecular flexibility index (Phi) is 10.8. The summed E-state index contributed by atoms with van der Waals surface area (Å²) in [5.74, 6) is 0.430. The van der Waals surface area contributed by atoms with Crippen molar-refractivity contribution in [3.8, 4) is 0 Å². The average Bonchev–Trinajstić information content (AvgIpc) is 3.45. The third kappa shape index (κ3) is 8.45. The first-order valence-electron chi connectivity index (χ1n) is 19.8. The Morgan fingerprint density at radius 2 is 0.608 bits per heavy atom. The van der Waals surface area contributed by atoms with Crippen LogP contribution in [0.5, 0.6) is 0 Å². The molecule has 1 heteroatoms. The van der Waals surface area contributed by atoms with E-state index >= 15 is 0 Å². The van der Waals surface area contributed by atoms with Crippen molar-refractivity contribution in [1.82, 2.24) is 0 Å². The van der Waals surface area contributed by atoms with Gasteiger partial charge in [0.15, 0.2) is 8.07 Å². The summed E-state index contributed by atoms with van der Waals surface area (Å²) in [6.45, 7) is 47.9. The van der Waals surface area contributed by atoms with Crippen LogP contribution in [0.3, 0.4) is 0 Å². The van der Waals surface area contributed by atoms with Crippen LogP contribution in [0.25, 0.3) is 0 Å². The molecule has 0 aromatic heterocycles. The molecule has 1 aliphatic carbocycles. The molecule has 0 spiro atoms. The fraction of sp³-hybridized carbons (Fsp3) is 0.560. The highest BCUT2D eigenvalue weighted by molar-refractivity contribution is 7.16.